The van der Waals surface area contributed by atoms with Gasteiger partial charge in [-0.1, -0.05) is 31.6 Å². The Morgan fingerprint density at radius 2 is 2.10 bits per heavy atom. The van der Waals surface area contributed by atoms with Gasteiger partial charge in [-0.3, -0.25) is 0 Å². The molecule has 0 amide bonds. The van der Waals surface area contributed by atoms with Crippen molar-refractivity contribution in [1.82, 2.24) is 0 Å². The number of rotatable bonds is 8. The van der Waals surface area contributed by atoms with Crippen molar-refractivity contribution in [3.63, 3.8) is 0 Å². The molecule has 5 heteroatoms. The summed E-state index contributed by atoms with van der Waals surface area (Å²) in [7, 11) is 0. The number of nitriles is 1. The molecule has 0 radical (unpaired) electrons. The lowest BCUT2D eigenvalue weighted by molar-refractivity contribution is 0.272. The number of benzene rings is 1. The van der Waals surface area contributed by atoms with Crippen molar-refractivity contribution in [3.8, 4) is 17.6 Å². The van der Waals surface area contributed by atoms with E-state index >= 15 is 0 Å². The Kier molecular flexibility index (Phi) is 7.27. The predicted octanol–water partition coefficient (Wildman–Crippen LogP) is 3.46. The SMILES string of the molecule is CCCCOc1ccc(/C=C(/C#N)C(N)=S)cc1OCC. The number of hydrogen-bond donors (Lipinski definition) is 1. The summed E-state index contributed by atoms with van der Waals surface area (Å²) >= 11 is 4.83. The fourth-order valence-corrected chi connectivity index (χ4v) is 1.76. The van der Waals surface area contributed by atoms with Gasteiger partial charge in [-0.15, -0.1) is 0 Å². The van der Waals surface area contributed by atoms with Gasteiger partial charge in [0.25, 0.3) is 0 Å². The van der Waals surface area contributed by atoms with Crippen LogP contribution in [0.4, 0.5) is 0 Å². The van der Waals surface area contributed by atoms with Crippen LogP contribution in [0.3, 0.4) is 0 Å². The van der Waals surface area contributed by atoms with Gasteiger partial charge < -0.3 is 15.2 Å². The van der Waals surface area contributed by atoms with Gasteiger partial charge in [-0.25, -0.2) is 0 Å². The second-order valence-electron chi connectivity index (χ2n) is 4.38. The Bertz CT molecular complexity index is 562. The molecule has 0 aromatic heterocycles. The molecule has 112 valence electrons. The van der Waals surface area contributed by atoms with Gasteiger partial charge in [-0.2, -0.15) is 5.26 Å². The minimum atomic E-state index is 0.0822. The summed E-state index contributed by atoms with van der Waals surface area (Å²) in [6.07, 6.45) is 3.71. The largest absolute Gasteiger partial charge is 0.490 e. The Morgan fingerprint density at radius 1 is 1.33 bits per heavy atom. The Hall–Kier alpha value is -2.06. The third kappa shape index (κ3) is 5.44. The first-order chi connectivity index (χ1) is 10.1. The third-order valence-corrected chi connectivity index (χ3v) is 2.94. The smallest absolute Gasteiger partial charge is 0.161 e. The molecule has 21 heavy (non-hydrogen) atoms. The predicted molar refractivity (Wildman–Crippen MR) is 88.4 cm³/mol. The molecule has 0 bridgehead atoms. The molecule has 1 aromatic carbocycles. The highest BCUT2D eigenvalue weighted by atomic mass is 32.1. The van der Waals surface area contributed by atoms with E-state index in [9.17, 15) is 0 Å². The van der Waals surface area contributed by atoms with E-state index in [0.29, 0.717) is 24.7 Å². The lowest BCUT2D eigenvalue weighted by Gasteiger charge is -2.12. The number of nitrogens with zero attached hydrogens (tertiary/aromatic N) is 1. The monoisotopic (exact) mass is 304 g/mol. The molecule has 0 aliphatic heterocycles. The van der Waals surface area contributed by atoms with E-state index in [2.05, 4.69) is 6.92 Å². The topological polar surface area (TPSA) is 68.3 Å². The number of nitrogens with two attached hydrogens (primary N) is 1. The van der Waals surface area contributed by atoms with E-state index in [1.165, 1.54) is 0 Å². The highest BCUT2D eigenvalue weighted by molar-refractivity contribution is 7.80. The molecule has 4 nitrogen and oxygen atoms in total. The van der Waals surface area contributed by atoms with Gasteiger partial charge in [0.2, 0.25) is 0 Å². The molecule has 0 spiro atoms. The fourth-order valence-electron chi connectivity index (χ4n) is 1.65. The van der Waals surface area contributed by atoms with Gasteiger partial charge in [0.15, 0.2) is 11.5 Å². The van der Waals surface area contributed by atoms with Gasteiger partial charge in [0.1, 0.15) is 11.1 Å². The maximum atomic E-state index is 8.99. The number of unbranched alkanes of at least 4 members (excludes halogenated alkanes) is 1. The quantitative estimate of drug-likeness (QED) is 0.345. The van der Waals surface area contributed by atoms with Crippen molar-refractivity contribution in [2.45, 2.75) is 26.7 Å². The van der Waals surface area contributed by atoms with Crippen LogP contribution in [0.1, 0.15) is 32.3 Å². The molecule has 0 heterocycles. The molecule has 0 unspecified atom stereocenters. The van der Waals surface area contributed by atoms with Gasteiger partial charge in [0.05, 0.1) is 18.8 Å². The Morgan fingerprint density at radius 3 is 2.67 bits per heavy atom. The lowest BCUT2D eigenvalue weighted by atomic mass is 10.1. The van der Waals surface area contributed by atoms with Crippen LogP contribution in [0.25, 0.3) is 6.08 Å². The van der Waals surface area contributed by atoms with Crippen molar-refractivity contribution in [1.29, 1.82) is 5.26 Å². The Labute approximate surface area is 131 Å². The molecule has 0 aliphatic rings. The second kappa shape index (κ2) is 8.98. The zero-order valence-electron chi connectivity index (χ0n) is 12.4. The first-order valence-corrected chi connectivity index (χ1v) is 7.34. The minimum Gasteiger partial charge on any atom is -0.490 e. The Balaban J connectivity index is 3.02. The van der Waals surface area contributed by atoms with E-state index in [0.717, 1.165) is 18.4 Å². The number of hydrogen-bond acceptors (Lipinski definition) is 4. The molecule has 0 aliphatic carbocycles. The molecule has 0 atom stereocenters. The number of thiocarbonyl (C=S) groups is 1. The first-order valence-electron chi connectivity index (χ1n) is 6.93. The molecule has 1 rings (SSSR count). The van der Waals surface area contributed by atoms with Crippen LogP contribution in [0, 0.1) is 11.3 Å². The van der Waals surface area contributed by atoms with E-state index in [-0.39, 0.29) is 10.6 Å². The van der Waals surface area contributed by atoms with Crippen molar-refractivity contribution < 1.29 is 9.47 Å². The molecule has 0 saturated carbocycles. The maximum absolute atomic E-state index is 8.99. The number of ether oxygens (including phenoxy) is 2. The zero-order valence-corrected chi connectivity index (χ0v) is 13.2. The van der Waals surface area contributed by atoms with Crippen molar-refractivity contribution in [2.24, 2.45) is 5.73 Å². The summed E-state index contributed by atoms with van der Waals surface area (Å²) in [4.78, 5) is 0.0822. The van der Waals surface area contributed by atoms with Crippen LogP contribution in [0.15, 0.2) is 23.8 Å². The van der Waals surface area contributed by atoms with Crippen molar-refractivity contribution in [3.05, 3.63) is 29.3 Å². The molecular weight excluding hydrogens is 284 g/mol. The molecule has 2 N–H and O–H groups in total. The first kappa shape index (κ1) is 17.0. The normalized spacial score (nSPS) is 10.8. The summed E-state index contributed by atoms with van der Waals surface area (Å²) in [6.45, 7) is 5.22. The molecule has 0 fully saturated rings. The van der Waals surface area contributed by atoms with Crippen molar-refractivity contribution >= 4 is 23.3 Å². The average Bonchev–Trinajstić information content (AvgIpc) is 2.47. The summed E-state index contributed by atoms with van der Waals surface area (Å²) < 4.78 is 11.3. The molecule has 1 aromatic rings. The zero-order chi connectivity index (χ0) is 15.7. The van der Waals surface area contributed by atoms with Crippen molar-refractivity contribution in [2.75, 3.05) is 13.2 Å². The summed E-state index contributed by atoms with van der Waals surface area (Å²) in [5.41, 5.74) is 6.55. The second-order valence-corrected chi connectivity index (χ2v) is 4.82. The third-order valence-electron chi connectivity index (χ3n) is 2.72. The van der Waals surface area contributed by atoms with E-state index in [1.54, 1.807) is 6.08 Å². The summed E-state index contributed by atoms with van der Waals surface area (Å²) in [6, 6.07) is 7.48. The average molecular weight is 304 g/mol. The van der Waals surface area contributed by atoms with Crippen LogP contribution in [0.2, 0.25) is 0 Å². The highest BCUT2D eigenvalue weighted by Crippen LogP contribution is 2.29. The highest BCUT2D eigenvalue weighted by Gasteiger charge is 2.07. The van der Waals surface area contributed by atoms with Gasteiger partial charge >= 0.3 is 0 Å². The van der Waals surface area contributed by atoms with Crippen LogP contribution < -0.4 is 15.2 Å². The van der Waals surface area contributed by atoms with Gasteiger partial charge in [0, 0.05) is 0 Å². The summed E-state index contributed by atoms with van der Waals surface area (Å²) in [5, 5.41) is 8.99. The summed E-state index contributed by atoms with van der Waals surface area (Å²) in [5.74, 6) is 1.36. The van der Waals surface area contributed by atoms with Crippen LogP contribution in [-0.2, 0) is 0 Å². The minimum absolute atomic E-state index is 0.0822. The lowest BCUT2D eigenvalue weighted by Crippen LogP contribution is -2.09. The molecular formula is C16H20N2O2S. The molecule has 0 saturated heterocycles. The van der Waals surface area contributed by atoms with Gasteiger partial charge in [-0.05, 0) is 37.1 Å². The standard InChI is InChI=1S/C16H20N2O2S/c1-3-5-8-20-14-7-6-12(10-15(14)19-4-2)9-13(11-17)16(18)21/h6-7,9-10H,3-5,8H2,1-2H3,(H2,18,21)/b13-9-. The fraction of sp³-hybridized carbons (Fsp3) is 0.375. The van der Waals surface area contributed by atoms with E-state index in [4.69, 9.17) is 32.7 Å². The van der Waals surface area contributed by atoms with Crippen LogP contribution in [0.5, 0.6) is 11.5 Å². The van der Waals surface area contributed by atoms with Crippen LogP contribution in [-0.4, -0.2) is 18.2 Å². The van der Waals surface area contributed by atoms with E-state index < -0.39 is 0 Å². The maximum Gasteiger partial charge on any atom is 0.161 e. The van der Waals surface area contributed by atoms with Crippen LogP contribution >= 0.6 is 12.2 Å². The van der Waals surface area contributed by atoms with E-state index in [1.807, 2.05) is 31.2 Å².